The first-order valence-corrected chi connectivity index (χ1v) is 9.94. The fourth-order valence-electron chi connectivity index (χ4n) is 3.88. The van der Waals surface area contributed by atoms with Crippen LogP contribution in [0, 0.1) is 0 Å². The molecule has 0 atom stereocenters. The Labute approximate surface area is 175 Å². The van der Waals surface area contributed by atoms with Gasteiger partial charge in [0.05, 0.1) is 11.3 Å². The van der Waals surface area contributed by atoms with E-state index in [1.165, 1.54) is 5.56 Å². The molecule has 2 amide bonds. The van der Waals surface area contributed by atoms with Gasteiger partial charge >= 0.3 is 0 Å². The van der Waals surface area contributed by atoms with Crippen LogP contribution in [0.2, 0.25) is 0 Å². The minimum absolute atomic E-state index is 0.115. The van der Waals surface area contributed by atoms with Crippen LogP contribution in [-0.4, -0.2) is 46.2 Å². The van der Waals surface area contributed by atoms with Crippen LogP contribution in [0.4, 0.5) is 0 Å². The van der Waals surface area contributed by atoms with Crippen molar-refractivity contribution in [2.45, 2.75) is 12.8 Å². The lowest BCUT2D eigenvalue weighted by atomic mass is 10.0. The highest BCUT2D eigenvalue weighted by atomic mass is 16.5. The maximum Gasteiger partial charge on any atom is 0.260 e. The number of carbonyl (C=O) groups is 2. The number of para-hydroxylation sites is 1. The zero-order valence-corrected chi connectivity index (χ0v) is 16.9. The summed E-state index contributed by atoms with van der Waals surface area (Å²) >= 11 is 0. The predicted molar refractivity (Wildman–Crippen MR) is 113 cm³/mol. The van der Waals surface area contributed by atoms with Gasteiger partial charge in [0.2, 0.25) is 0 Å². The molecule has 30 heavy (non-hydrogen) atoms. The van der Waals surface area contributed by atoms with Crippen molar-refractivity contribution >= 4 is 11.8 Å². The first-order valence-electron chi connectivity index (χ1n) is 9.94. The Morgan fingerprint density at radius 2 is 1.73 bits per heavy atom. The number of amides is 2. The monoisotopic (exact) mass is 404 g/mol. The summed E-state index contributed by atoms with van der Waals surface area (Å²) in [4.78, 5) is 26.1. The van der Waals surface area contributed by atoms with Crippen LogP contribution in [0.3, 0.4) is 0 Å². The first-order chi connectivity index (χ1) is 14.5. The number of aromatic nitrogens is 2. The third kappa shape index (κ3) is 3.91. The quantitative estimate of drug-likeness (QED) is 0.706. The van der Waals surface area contributed by atoms with Crippen LogP contribution >= 0.6 is 0 Å². The second-order valence-electron chi connectivity index (χ2n) is 7.29. The van der Waals surface area contributed by atoms with Crippen LogP contribution in [0.1, 0.15) is 21.6 Å². The van der Waals surface area contributed by atoms with Crippen molar-refractivity contribution in [3.63, 3.8) is 0 Å². The van der Waals surface area contributed by atoms with Crippen molar-refractivity contribution in [2.24, 2.45) is 12.8 Å². The average Bonchev–Trinajstić information content (AvgIpc) is 2.93. The minimum atomic E-state index is -0.579. The van der Waals surface area contributed by atoms with Crippen molar-refractivity contribution in [1.82, 2.24) is 14.7 Å². The Morgan fingerprint density at radius 3 is 2.50 bits per heavy atom. The predicted octanol–water partition coefficient (Wildman–Crippen LogP) is 2.19. The van der Waals surface area contributed by atoms with Gasteiger partial charge in [-0.25, -0.2) is 0 Å². The molecule has 4 rings (SSSR count). The van der Waals surface area contributed by atoms with E-state index in [4.69, 9.17) is 15.6 Å². The Morgan fingerprint density at radius 1 is 1.03 bits per heavy atom. The molecule has 2 heterocycles. The van der Waals surface area contributed by atoms with Gasteiger partial charge in [-0.1, -0.05) is 42.5 Å². The van der Waals surface area contributed by atoms with E-state index in [1.807, 2.05) is 34.8 Å². The highest BCUT2D eigenvalue weighted by Gasteiger charge is 2.25. The number of benzene rings is 2. The third-order valence-corrected chi connectivity index (χ3v) is 5.43. The maximum atomic E-state index is 12.8. The smallest absolute Gasteiger partial charge is 0.260 e. The molecule has 0 unspecified atom stereocenters. The average molecular weight is 404 g/mol. The minimum Gasteiger partial charge on any atom is -0.483 e. The molecule has 7 nitrogen and oxygen atoms in total. The van der Waals surface area contributed by atoms with Crippen LogP contribution in [0.5, 0.6) is 5.75 Å². The summed E-state index contributed by atoms with van der Waals surface area (Å²) in [6.07, 6.45) is 1.46. The highest BCUT2D eigenvalue weighted by molar-refractivity contribution is 5.95. The van der Waals surface area contributed by atoms with Crippen LogP contribution in [0.25, 0.3) is 11.3 Å². The molecule has 2 N–H and O–H groups in total. The number of nitrogens with zero attached hydrogens (tertiary/aromatic N) is 3. The standard InChI is InChI=1S/C23H24N4O3/c1-26-19-12-14-27(13-11-17(19)22(25-26)16-7-3-2-4-8-16)21(28)15-30-20-10-6-5-9-18(20)23(24)29/h2-10H,11-15H2,1H3,(H2,24,29). The lowest BCUT2D eigenvalue weighted by Gasteiger charge is -2.21. The van der Waals surface area contributed by atoms with Gasteiger partial charge in [0.15, 0.2) is 6.61 Å². The molecule has 0 spiro atoms. The number of ether oxygens (including phenoxy) is 1. The number of rotatable bonds is 5. The van der Waals surface area contributed by atoms with Gasteiger partial charge in [0, 0.05) is 43.4 Å². The number of aryl methyl sites for hydroxylation is 1. The number of fused-ring (bicyclic) bond motifs is 1. The zero-order chi connectivity index (χ0) is 21.1. The Balaban J connectivity index is 1.46. The molecule has 0 saturated carbocycles. The maximum absolute atomic E-state index is 12.8. The van der Waals surface area contributed by atoms with E-state index in [1.54, 1.807) is 24.3 Å². The van der Waals surface area contributed by atoms with E-state index in [0.29, 0.717) is 18.8 Å². The third-order valence-electron chi connectivity index (χ3n) is 5.43. The molecule has 2 aromatic carbocycles. The van der Waals surface area contributed by atoms with Crippen molar-refractivity contribution in [2.75, 3.05) is 19.7 Å². The van der Waals surface area contributed by atoms with Crippen LogP contribution < -0.4 is 10.5 Å². The van der Waals surface area contributed by atoms with Crippen molar-refractivity contribution < 1.29 is 14.3 Å². The molecule has 1 aliphatic rings. The molecular formula is C23H24N4O3. The van der Waals surface area contributed by atoms with E-state index < -0.39 is 5.91 Å². The van der Waals surface area contributed by atoms with Gasteiger partial charge in [-0.3, -0.25) is 14.3 Å². The fraction of sp³-hybridized carbons (Fsp3) is 0.261. The summed E-state index contributed by atoms with van der Waals surface area (Å²) in [5.74, 6) is -0.368. The molecule has 1 aliphatic heterocycles. The lowest BCUT2D eigenvalue weighted by Crippen LogP contribution is -2.37. The normalized spacial score (nSPS) is 13.4. The number of hydrogen-bond acceptors (Lipinski definition) is 4. The molecule has 0 fully saturated rings. The van der Waals surface area contributed by atoms with Gasteiger partial charge in [-0.05, 0) is 18.6 Å². The molecule has 1 aromatic heterocycles. The Hall–Kier alpha value is -3.61. The molecule has 3 aromatic rings. The number of primary amides is 1. The molecular weight excluding hydrogens is 380 g/mol. The molecule has 0 aliphatic carbocycles. The SMILES string of the molecule is Cn1nc(-c2ccccc2)c2c1CCN(C(=O)COc1ccccc1C(N)=O)CC2. The van der Waals surface area contributed by atoms with Gasteiger partial charge in [-0.2, -0.15) is 5.10 Å². The number of carbonyl (C=O) groups excluding carboxylic acids is 2. The van der Waals surface area contributed by atoms with Crippen LogP contribution in [0.15, 0.2) is 54.6 Å². The molecule has 0 saturated heterocycles. The van der Waals surface area contributed by atoms with E-state index in [9.17, 15) is 9.59 Å². The van der Waals surface area contributed by atoms with E-state index in [-0.39, 0.29) is 18.1 Å². The van der Waals surface area contributed by atoms with Gasteiger partial charge in [-0.15, -0.1) is 0 Å². The number of nitrogens with two attached hydrogens (primary N) is 1. The molecule has 7 heteroatoms. The summed E-state index contributed by atoms with van der Waals surface area (Å²) < 4.78 is 7.54. The fourth-order valence-corrected chi connectivity index (χ4v) is 3.88. The topological polar surface area (TPSA) is 90.4 Å². The Kier molecular flexibility index (Phi) is 5.52. The second-order valence-corrected chi connectivity index (χ2v) is 7.29. The molecule has 0 bridgehead atoms. The van der Waals surface area contributed by atoms with Crippen molar-refractivity contribution in [1.29, 1.82) is 0 Å². The number of hydrogen-bond donors (Lipinski definition) is 1. The summed E-state index contributed by atoms with van der Waals surface area (Å²) in [6.45, 7) is 1.06. The Bertz CT molecular complexity index is 1080. The molecule has 154 valence electrons. The van der Waals surface area contributed by atoms with Crippen molar-refractivity contribution in [3.8, 4) is 17.0 Å². The van der Waals surface area contributed by atoms with Gasteiger partial charge < -0.3 is 15.4 Å². The zero-order valence-electron chi connectivity index (χ0n) is 16.9. The lowest BCUT2D eigenvalue weighted by molar-refractivity contribution is -0.133. The highest BCUT2D eigenvalue weighted by Crippen LogP contribution is 2.28. The van der Waals surface area contributed by atoms with E-state index in [2.05, 4.69) is 12.1 Å². The molecule has 0 radical (unpaired) electrons. The summed E-state index contributed by atoms with van der Waals surface area (Å²) in [5.41, 5.74) is 10.1. The van der Waals surface area contributed by atoms with Gasteiger partial charge in [0.25, 0.3) is 11.8 Å². The van der Waals surface area contributed by atoms with Crippen molar-refractivity contribution in [3.05, 3.63) is 71.4 Å². The first kappa shape index (κ1) is 19.7. The largest absolute Gasteiger partial charge is 0.483 e. The second kappa shape index (κ2) is 8.41. The van der Waals surface area contributed by atoms with E-state index >= 15 is 0 Å². The van der Waals surface area contributed by atoms with Crippen LogP contribution in [-0.2, 0) is 24.7 Å². The van der Waals surface area contributed by atoms with E-state index in [0.717, 1.165) is 29.8 Å². The summed E-state index contributed by atoms with van der Waals surface area (Å²) in [6, 6.07) is 16.8. The summed E-state index contributed by atoms with van der Waals surface area (Å²) in [5, 5.41) is 4.72. The van der Waals surface area contributed by atoms with Gasteiger partial charge in [0.1, 0.15) is 5.75 Å². The summed E-state index contributed by atoms with van der Waals surface area (Å²) in [7, 11) is 1.95.